The van der Waals surface area contributed by atoms with Crippen molar-refractivity contribution in [1.29, 1.82) is 0 Å². The predicted molar refractivity (Wildman–Crippen MR) is 71.9 cm³/mol. The highest BCUT2D eigenvalue weighted by atomic mass is 32.2. The Morgan fingerprint density at radius 2 is 2.11 bits per heavy atom. The van der Waals surface area contributed by atoms with Gasteiger partial charge in [0.15, 0.2) is 4.21 Å². The summed E-state index contributed by atoms with van der Waals surface area (Å²) in [4.78, 5) is 11.3. The number of nitrogens with zero attached hydrogens (tertiary/aromatic N) is 1. The van der Waals surface area contributed by atoms with Gasteiger partial charge >= 0.3 is 5.97 Å². The molecule has 0 bridgehead atoms. The average Bonchev–Trinajstić information content (AvgIpc) is 2.86. The quantitative estimate of drug-likeness (QED) is 0.738. The average molecular weight is 307 g/mol. The summed E-state index contributed by atoms with van der Waals surface area (Å²) in [6, 6.07) is 1.59. The van der Waals surface area contributed by atoms with Gasteiger partial charge in [0.2, 0.25) is 0 Å². The maximum absolute atomic E-state index is 12.3. The first kappa shape index (κ1) is 15.9. The summed E-state index contributed by atoms with van der Waals surface area (Å²) in [6.07, 6.45) is 0. The van der Waals surface area contributed by atoms with Crippen molar-refractivity contribution in [2.45, 2.75) is 11.1 Å². The first-order chi connectivity index (χ1) is 8.84. The second kappa shape index (κ2) is 6.36. The number of methoxy groups -OCH3 is 2. The van der Waals surface area contributed by atoms with Crippen LogP contribution in [0.4, 0.5) is 0 Å². The van der Waals surface area contributed by atoms with Gasteiger partial charge in [0.25, 0.3) is 10.0 Å². The summed E-state index contributed by atoms with van der Waals surface area (Å²) in [7, 11) is 0.457. The number of sulfonamides is 1. The van der Waals surface area contributed by atoms with Gasteiger partial charge in [0.05, 0.1) is 20.1 Å². The van der Waals surface area contributed by atoms with Gasteiger partial charge in [-0.25, -0.2) is 8.42 Å². The number of hydrogen-bond donors (Lipinski definition) is 0. The molecule has 0 saturated carbocycles. The minimum absolute atomic E-state index is 0.0516. The summed E-state index contributed by atoms with van der Waals surface area (Å²) < 4.78 is 35.5. The lowest BCUT2D eigenvalue weighted by Crippen LogP contribution is -2.34. The SMILES string of the molecule is COC(=O)C(C)CN(C)S(=O)(=O)c1sccc1OC. The fraction of sp³-hybridized carbons (Fsp3) is 0.545. The van der Waals surface area contributed by atoms with E-state index in [-0.39, 0.29) is 10.8 Å². The second-order valence-electron chi connectivity index (χ2n) is 3.99. The van der Waals surface area contributed by atoms with Crippen LogP contribution >= 0.6 is 11.3 Å². The minimum Gasteiger partial charge on any atom is -0.494 e. The minimum atomic E-state index is -3.66. The zero-order chi connectivity index (χ0) is 14.6. The van der Waals surface area contributed by atoms with Crippen LogP contribution in [0.3, 0.4) is 0 Å². The summed E-state index contributed by atoms with van der Waals surface area (Å²) in [6.45, 7) is 1.67. The van der Waals surface area contributed by atoms with E-state index >= 15 is 0 Å². The Hall–Kier alpha value is -1.12. The molecule has 0 spiro atoms. The maximum atomic E-state index is 12.3. The molecule has 108 valence electrons. The molecule has 0 fully saturated rings. The third kappa shape index (κ3) is 3.46. The van der Waals surface area contributed by atoms with Crippen molar-refractivity contribution < 1.29 is 22.7 Å². The van der Waals surface area contributed by atoms with E-state index in [9.17, 15) is 13.2 Å². The Kier molecular flexibility index (Phi) is 5.33. The summed E-state index contributed by atoms with van der Waals surface area (Å²) >= 11 is 1.08. The molecule has 0 aliphatic rings. The molecule has 0 radical (unpaired) electrons. The summed E-state index contributed by atoms with van der Waals surface area (Å²) in [5, 5.41) is 1.64. The molecule has 19 heavy (non-hydrogen) atoms. The molecule has 0 amide bonds. The molecule has 0 aliphatic heterocycles. The fourth-order valence-electron chi connectivity index (χ4n) is 1.52. The van der Waals surface area contributed by atoms with Gasteiger partial charge < -0.3 is 9.47 Å². The molecular weight excluding hydrogens is 290 g/mol. The van der Waals surface area contributed by atoms with Crippen molar-refractivity contribution in [3.63, 3.8) is 0 Å². The summed E-state index contributed by atoms with van der Waals surface area (Å²) in [5.41, 5.74) is 0. The molecule has 1 heterocycles. The Labute approximate surface area is 117 Å². The van der Waals surface area contributed by atoms with Crippen LogP contribution in [0.5, 0.6) is 5.75 Å². The molecule has 0 saturated heterocycles. The third-order valence-corrected chi connectivity index (χ3v) is 5.84. The van der Waals surface area contributed by atoms with E-state index in [1.165, 1.54) is 21.3 Å². The molecule has 1 atom stereocenters. The van der Waals surface area contributed by atoms with Crippen LogP contribution in [-0.2, 0) is 19.6 Å². The number of ether oxygens (including phenoxy) is 2. The first-order valence-electron chi connectivity index (χ1n) is 5.50. The largest absolute Gasteiger partial charge is 0.494 e. The monoisotopic (exact) mass is 307 g/mol. The molecule has 8 heteroatoms. The van der Waals surface area contributed by atoms with Crippen LogP contribution < -0.4 is 4.74 Å². The lowest BCUT2D eigenvalue weighted by Gasteiger charge is -2.19. The Morgan fingerprint density at radius 3 is 2.63 bits per heavy atom. The number of carbonyl (C=O) groups excluding carboxylic acids is 1. The first-order valence-corrected chi connectivity index (χ1v) is 7.82. The highest BCUT2D eigenvalue weighted by Crippen LogP contribution is 2.31. The van der Waals surface area contributed by atoms with Crippen LogP contribution in [0, 0.1) is 5.92 Å². The lowest BCUT2D eigenvalue weighted by molar-refractivity contribution is -0.144. The van der Waals surface area contributed by atoms with E-state index in [2.05, 4.69) is 4.74 Å². The van der Waals surface area contributed by atoms with E-state index in [0.717, 1.165) is 15.6 Å². The van der Waals surface area contributed by atoms with Crippen molar-refractivity contribution in [3.05, 3.63) is 11.4 Å². The van der Waals surface area contributed by atoms with E-state index < -0.39 is 21.9 Å². The Morgan fingerprint density at radius 1 is 1.47 bits per heavy atom. The van der Waals surface area contributed by atoms with Gasteiger partial charge in [0.1, 0.15) is 5.75 Å². The van der Waals surface area contributed by atoms with Crippen LogP contribution in [0.15, 0.2) is 15.7 Å². The van der Waals surface area contributed by atoms with Crippen molar-refractivity contribution >= 4 is 27.3 Å². The number of carbonyl (C=O) groups is 1. The molecule has 1 unspecified atom stereocenters. The molecule has 0 aliphatic carbocycles. The highest BCUT2D eigenvalue weighted by molar-refractivity contribution is 7.91. The molecule has 1 aromatic heterocycles. The van der Waals surface area contributed by atoms with Gasteiger partial charge in [0, 0.05) is 13.6 Å². The fourth-order valence-corrected chi connectivity index (χ4v) is 4.25. The van der Waals surface area contributed by atoms with Crippen LogP contribution in [0.1, 0.15) is 6.92 Å². The molecule has 1 aromatic rings. The normalized spacial score (nSPS) is 13.3. The Balaban J connectivity index is 2.92. The molecule has 6 nitrogen and oxygen atoms in total. The smallest absolute Gasteiger partial charge is 0.309 e. The van der Waals surface area contributed by atoms with Gasteiger partial charge in [-0.05, 0) is 11.4 Å². The molecular formula is C11H17NO5S2. The second-order valence-corrected chi connectivity index (χ2v) is 7.14. The van der Waals surface area contributed by atoms with Gasteiger partial charge in [-0.1, -0.05) is 6.92 Å². The van der Waals surface area contributed by atoms with Crippen LogP contribution in [0.2, 0.25) is 0 Å². The predicted octanol–water partition coefficient (Wildman–Crippen LogP) is 1.19. The molecule has 0 N–H and O–H groups in total. The van der Waals surface area contributed by atoms with Gasteiger partial charge in [-0.2, -0.15) is 4.31 Å². The number of rotatable bonds is 6. The highest BCUT2D eigenvalue weighted by Gasteiger charge is 2.29. The summed E-state index contributed by atoms with van der Waals surface area (Å²) in [5.74, 6) is -0.668. The van der Waals surface area contributed by atoms with Crippen LogP contribution in [0.25, 0.3) is 0 Å². The van der Waals surface area contributed by atoms with E-state index in [0.29, 0.717) is 5.75 Å². The zero-order valence-electron chi connectivity index (χ0n) is 11.2. The number of thiophene rings is 1. The standard InChI is InChI=1S/C11H17NO5S2/c1-8(10(13)17-4)7-12(2)19(14,15)11-9(16-3)5-6-18-11/h5-6,8H,7H2,1-4H3. The van der Waals surface area contributed by atoms with E-state index in [1.807, 2.05) is 0 Å². The molecule has 1 rings (SSSR count). The van der Waals surface area contributed by atoms with Crippen molar-refractivity contribution in [1.82, 2.24) is 4.31 Å². The van der Waals surface area contributed by atoms with Crippen molar-refractivity contribution in [2.75, 3.05) is 27.8 Å². The van der Waals surface area contributed by atoms with Gasteiger partial charge in [-0.3, -0.25) is 4.79 Å². The van der Waals surface area contributed by atoms with Crippen LogP contribution in [-0.4, -0.2) is 46.5 Å². The zero-order valence-corrected chi connectivity index (χ0v) is 12.9. The lowest BCUT2D eigenvalue weighted by atomic mass is 10.2. The number of esters is 1. The molecule has 0 aromatic carbocycles. The van der Waals surface area contributed by atoms with Crippen molar-refractivity contribution in [3.8, 4) is 5.75 Å². The Bertz CT molecular complexity index is 537. The van der Waals surface area contributed by atoms with Gasteiger partial charge in [-0.15, -0.1) is 11.3 Å². The van der Waals surface area contributed by atoms with E-state index in [1.54, 1.807) is 18.4 Å². The van der Waals surface area contributed by atoms with Crippen molar-refractivity contribution in [2.24, 2.45) is 5.92 Å². The third-order valence-electron chi connectivity index (χ3n) is 2.59. The maximum Gasteiger partial charge on any atom is 0.309 e. The number of hydrogen-bond acceptors (Lipinski definition) is 6. The van der Waals surface area contributed by atoms with E-state index in [4.69, 9.17) is 4.74 Å². The topological polar surface area (TPSA) is 72.9 Å².